The number of benzene rings is 1. The van der Waals surface area contributed by atoms with E-state index in [4.69, 9.17) is 4.74 Å². The van der Waals surface area contributed by atoms with E-state index in [1.54, 1.807) is 0 Å². The minimum Gasteiger partial charge on any atom is -0.465 e. The Morgan fingerprint density at radius 2 is 2.10 bits per heavy atom. The Balaban J connectivity index is 2.03. The zero-order valence-corrected chi connectivity index (χ0v) is 12.6. The number of piperazine rings is 1. The molecule has 0 aliphatic carbocycles. The molecule has 1 saturated heterocycles. The van der Waals surface area contributed by atoms with Crippen LogP contribution in [0.4, 0.5) is 0 Å². The molecule has 1 aromatic carbocycles. The average molecular weight is 276 g/mol. The molecule has 0 unspecified atom stereocenters. The van der Waals surface area contributed by atoms with Crippen LogP contribution < -0.4 is 5.32 Å². The van der Waals surface area contributed by atoms with E-state index in [9.17, 15) is 4.79 Å². The summed E-state index contributed by atoms with van der Waals surface area (Å²) in [5, 5.41) is 3.46. The van der Waals surface area contributed by atoms with E-state index >= 15 is 0 Å². The van der Waals surface area contributed by atoms with Crippen LogP contribution in [0.2, 0.25) is 0 Å². The van der Waals surface area contributed by atoms with Gasteiger partial charge in [-0.15, -0.1) is 0 Å². The number of carbonyl (C=O) groups excluding carboxylic acids is 1. The monoisotopic (exact) mass is 276 g/mol. The summed E-state index contributed by atoms with van der Waals surface area (Å²) in [6.45, 7) is 8.64. The molecule has 2 rings (SSSR count). The predicted molar refractivity (Wildman–Crippen MR) is 79.7 cm³/mol. The van der Waals surface area contributed by atoms with Crippen LogP contribution in [0.15, 0.2) is 24.3 Å². The molecule has 1 aliphatic heterocycles. The summed E-state index contributed by atoms with van der Waals surface area (Å²) in [6.07, 6.45) is 0. The number of hydrogen-bond acceptors (Lipinski definition) is 4. The Hall–Kier alpha value is -1.39. The first-order chi connectivity index (χ1) is 9.61. The van der Waals surface area contributed by atoms with Crippen LogP contribution in [0.3, 0.4) is 0 Å². The number of hydrogen-bond donors (Lipinski definition) is 1. The molecular weight excluding hydrogens is 252 g/mol. The van der Waals surface area contributed by atoms with Crippen LogP contribution in [-0.4, -0.2) is 43.7 Å². The van der Waals surface area contributed by atoms with Gasteiger partial charge in [-0.25, -0.2) is 4.79 Å². The molecule has 1 N–H and O–H groups in total. The number of rotatable bonds is 4. The third kappa shape index (κ3) is 3.58. The van der Waals surface area contributed by atoms with E-state index in [2.05, 4.69) is 24.1 Å². The standard InChI is InChI=1S/C16H24N2O2/c1-12(2)15-10-17-8-9-18(15)11-13-4-6-14(7-5-13)16(19)20-3/h4-7,12,15,17H,8-11H2,1-3H3/t15-/m1/s1. The molecule has 1 atom stereocenters. The number of esters is 1. The summed E-state index contributed by atoms with van der Waals surface area (Å²) >= 11 is 0. The molecule has 0 spiro atoms. The van der Waals surface area contributed by atoms with Crippen molar-refractivity contribution in [2.75, 3.05) is 26.7 Å². The lowest BCUT2D eigenvalue weighted by Gasteiger charge is -2.38. The average Bonchev–Trinajstić information content (AvgIpc) is 2.47. The second-order valence-corrected chi connectivity index (χ2v) is 5.67. The lowest BCUT2D eigenvalue weighted by molar-refractivity contribution is 0.0600. The summed E-state index contributed by atoms with van der Waals surface area (Å²) in [5.74, 6) is 0.357. The lowest BCUT2D eigenvalue weighted by atomic mass is 9.99. The second-order valence-electron chi connectivity index (χ2n) is 5.67. The molecule has 0 aromatic heterocycles. The smallest absolute Gasteiger partial charge is 0.337 e. The highest BCUT2D eigenvalue weighted by atomic mass is 16.5. The van der Waals surface area contributed by atoms with Crippen LogP contribution >= 0.6 is 0 Å². The van der Waals surface area contributed by atoms with Gasteiger partial charge < -0.3 is 10.1 Å². The van der Waals surface area contributed by atoms with Gasteiger partial charge in [0.15, 0.2) is 0 Å². The van der Waals surface area contributed by atoms with Crippen LogP contribution in [0, 0.1) is 5.92 Å². The second kappa shape index (κ2) is 6.86. The van der Waals surface area contributed by atoms with Gasteiger partial charge >= 0.3 is 5.97 Å². The van der Waals surface area contributed by atoms with E-state index in [1.807, 2.05) is 24.3 Å². The molecule has 4 heteroatoms. The maximum Gasteiger partial charge on any atom is 0.337 e. The molecule has 4 nitrogen and oxygen atoms in total. The van der Waals surface area contributed by atoms with Crippen LogP contribution in [0.1, 0.15) is 29.8 Å². The van der Waals surface area contributed by atoms with Crippen molar-refractivity contribution in [2.24, 2.45) is 5.92 Å². The van der Waals surface area contributed by atoms with Crippen molar-refractivity contribution in [1.29, 1.82) is 0 Å². The highest BCUT2D eigenvalue weighted by molar-refractivity contribution is 5.89. The third-order valence-electron chi connectivity index (χ3n) is 3.93. The van der Waals surface area contributed by atoms with E-state index in [1.165, 1.54) is 12.7 Å². The van der Waals surface area contributed by atoms with Crippen molar-refractivity contribution in [3.05, 3.63) is 35.4 Å². The maximum atomic E-state index is 11.4. The Bertz CT molecular complexity index is 442. The minimum absolute atomic E-state index is 0.279. The van der Waals surface area contributed by atoms with E-state index in [0.29, 0.717) is 17.5 Å². The molecule has 1 fully saturated rings. The maximum absolute atomic E-state index is 11.4. The Labute approximate surface area is 121 Å². The largest absolute Gasteiger partial charge is 0.465 e. The molecule has 0 radical (unpaired) electrons. The zero-order chi connectivity index (χ0) is 14.5. The molecule has 0 bridgehead atoms. The lowest BCUT2D eigenvalue weighted by Crippen LogP contribution is -2.52. The van der Waals surface area contributed by atoms with E-state index in [-0.39, 0.29) is 5.97 Å². The SMILES string of the molecule is COC(=O)c1ccc(CN2CCNC[C@@H]2C(C)C)cc1. The summed E-state index contributed by atoms with van der Waals surface area (Å²) in [5.41, 5.74) is 1.85. The molecule has 0 saturated carbocycles. The Morgan fingerprint density at radius 1 is 1.40 bits per heavy atom. The number of methoxy groups -OCH3 is 1. The van der Waals surface area contributed by atoms with E-state index < -0.39 is 0 Å². The summed E-state index contributed by atoms with van der Waals surface area (Å²) in [6, 6.07) is 8.29. The highest BCUT2D eigenvalue weighted by Crippen LogP contribution is 2.17. The number of carbonyl (C=O) groups is 1. The molecule has 110 valence electrons. The summed E-state index contributed by atoms with van der Waals surface area (Å²) < 4.78 is 4.72. The van der Waals surface area contributed by atoms with Crippen molar-refractivity contribution in [1.82, 2.24) is 10.2 Å². The van der Waals surface area contributed by atoms with Gasteiger partial charge in [0.1, 0.15) is 0 Å². The third-order valence-corrected chi connectivity index (χ3v) is 3.93. The van der Waals surface area contributed by atoms with Gasteiger partial charge in [-0.2, -0.15) is 0 Å². The minimum atomic E-state index is -0.279. The van der Waals surface area contributed by atoms with Crippen molar-refractivity contribution in [3.8, 4) is 0 Å². The number of ether oxygens (including phenoxy) is 1. The summed E-state index contributed by atoms with van der Waals surface area (Å²) in [7, 11) is 1.41. The fourth-order valence-electron chi connectivity index (χ4n) is 2.72. The first kappa shape index (κ1) is 15.0. The first-order valence-electron chi connectivity index (χ1n) is 7.24. The van der Waals surface area contributed by atoms with Gasteiger partial charge in [-0.1, -0.05) is 26.0 Å². The van der Waals surface area contributed by atoms with Crippen LogP contribution in [0.5, 0.6) is 0 Å². The van der Waals surface area contributed by atoms with Crippen molar-refractivity contribution >= 4 is 5.97 Å². The molecule has 1 aromatic rings. The fraction of sp³-hybridized carbons (Fsp3) is 0.562. The normalized spacial score (nSPS) is 20.1. The van der Waals surface area contributed by atoms with Crippen molar-refractivity contribution in [2.45, 2.75) is 26.4 Å². The van der Waals surface area contributed by atoms with E-state index in [0.717, 1.165) is 26.2 Å². The number of nitrogens with zero attached hydrogens (tertiary/aromatic N) is 1. The van der Waals surface area contributed by atoms with Crippen molar-refractivity contribution in [3.63, 3.8) is 0 Å². The molecule has 0 amide bonds. The number of nitrogens with one attached hydrogen (secondary N) is 1. The van der Waals surface area contributed by atoms with Crippen LogP contribution in [-0.2, 0) is 11.3 Å². The van der Waals surface area contributed by atoms with Gasteiger partial charge in [0.2, 0.25) is 0 Å². The highest BCUT2D eigenvalue weighted by Gasteiger charge is 2.24. The zero-order valence-electron chi connectivity index (χ0n) is 12.6. The fourth-order valence-corrected chi connectivity index (χ4v) is 2.72. The quantitative estimate of drug-likeness (QED) is 0.853. The Morgan fingerprint density at radius 3 is 2.70 bits per heavy atom. The van der Waals surface area contributed by atoms with Gasteiger partial charge in [0.05, 0.1) is 12.7 Å². The topological polar surface area (TPSA) is 41.6 Å². The van der Waals surface area contributed by atoms with Gasteiger partial charge in [-0.05, 0) is 23.6 Å². The molecule has 20 heavy (non-hydrogen) atoms. The summed E-state index contributed by atoms with van der Waals surface area (Å²) in [4.78, 5) is 13.9. The van der Waals surface area contributed by atoms with Gasteiger partial charge in [0, 0.05) is 32.2 Å². The first-order valence-corrected chi connectivity index (χ1v) is 7.24. The van der Waals surface area contributed by atoms with Gasteiger partial charge in [-0.3, -0.25) is 4.90 Å². The molecule has 1 heterocycles. The van der Waals surface area contributed by atoms with Crippen molar-refractivity contribution < 1.29 is 9.53 Å². The van der Waals surface area contributed by atoms with Crippen LogP contribution in [0.25, 0.3) is 0 Å². The molecular formula is C16H24N2O2. The van der Waals surface area contributed by atoms with Gasteiger partial charge in [0.25, 0.3) is 0 Å². The predicted octanol–water partition coefficient (Wildman–Crippen LogP) is 1.90. The molecule has 1 aliphatic rings. The Kier molecular flexibility index (Phi) is 5.15.